The Balaban J connectivity index is 4.37. The number of allylic oxidation sites excluding steroid dienone is 12. The Labute approximate surface area is 395 Å². The fourth-order valence-electron chi connectivity index (χ4n) is 7.40. The Morgan fingerprint density at radius 2 is 0.609 bits per heavy atom. The first kappa shape index (κ1) is 60.9. The van der Waals surface area contributed by atoms with Gasteiger partial charge in [0.15, 0.2) is 6.10 Å². The lowest BCUT2D eigenvalue weighted by Gasteiger charge is -2.18. The number of carbonyl (C=O) groups excluding carboxylic acids is 3. The van der Waals surface area contributed by atoms with Gasteiger partial charge < -0.3 is 14.2 Å². The first-order chi connectivity index (χ1) is 31.5. The van der Waals surface area contributed by atoms with E-state index >= 15 is 0 Å². The van der Waals surface area contributed by atoms with E-state index in [1.807, 2.05) is 0 Å². The summed E-state index contributed by atoms with van der Waals surface area (Å²) in [7, 11) is 0. The molecular formula is C58H100O6. The van der Waals surface area contributed by atoms with E-state index in [1.165, 1.54) is 116 Å². The summed E-state index contributed by atoms with van der Waals surface area (Å²) < 4.78 is 16.8. The average Bonchev–Trinajstić information content (AvgIpc) is 3.29. The first-order valence-corrected chi connectivity index (χ1v) is 26.9. The second kappa shape index (κ2) is 52.5. The molecule has 0 bridgehead atoms. The van der Waals surface area contributed by atoms with Gasteiger partial charge in [0, 0.05) is 19.3 Å². The molecular weight excluding hydrogens is 793 g/mol. The molecule has 0 radical (unpaired) electrons. The molecule has 0 aliphatic heterocycles. The van der Waals surface area contributed by atoms with Crippen molar-refractivity contribution in [2.75, 3.05) is 13.2 Å². The monoisotopic (exact) mass is 893 g/mol. The van der Waals surface area contributed by atoms with Crippen molar-refractivity contribution in [2.45, 2.75) is 264 Å². The average molecular weight is 893 g/mol. The van der Waals surface area contributed by atoms with Crippen molar-refractivity contribution in [3.63, 3.8) is 0 Å². The number of carbonyl (C=O) groups is 3. The summed E-state index contributed by atoms with van der Waals surface area (Å²) in [5.74, 6) is -0.911. The molecule has 0 saturated heterocycles. The summed E-state index contributed by atoms with van der Waals surface area (Å²) in [5.41, 5.74) is 0. The van der Waals surface area contributed by atoms with Gasteiger partial charge in [0.1, 0.15) is 13.2 Å². The van der Waals surface area contributed by atoms with Crippen molar-refractivity contribution in [1.29, 1.82) is 0 Å². The highest BCUT2D eigenvalue weighted by Gasteiger charge is 2.19. The number of ether oxygens (including phenoxy) is 3. The molecule has 64 heavy (non-hydrogen) atoms. The number of hydrogen-bond acceptors (Lipinski definition) is 6. The molecule has 1 atom stereocenters. The van der Waals surface area contributed by atoms with E-state index in [9.17, 15) is 14.4 Å². The maximum Gasteiger partial charge on any atom is 0.306 e. The van der Waals surface area contributed by atoms with Gasteiger partial charge in [-0.05, 0) is 89.9 Å². The summed E-state index contributed by atoms with van der Waals surface area (Å²) in [4.78, 5) is 38.0. The first-order valence-electron chi connectivity index (χ1n) is 26.9. The highest BCUT2D eigenvalue weighted by molar-refractivity contribution is 5.71. The topological polar surface area (TPSA) is 78.9 Å². The van der Waals surface area contributed by atoms with Gasteiger partial charge in [-0.2, -0.15) is 0 Å². The van der Waals surface area contributed by atoms with Crippen LogP contribution in [0.5, 0.6) is 0 Å². The summed E-state index contributed by atoms with van der Waals surface area (Å²) in [5, 5.41) is 0. The second-order valence-corrected chi connectivity index (χ2v) is 17.8. The fourth-order valence-corrected chi connectivity index (χ4v) is 7.40. The van der Waals surface area contributed by atoms with Crippen molar-refractivity contribution in [3.05, 3.63) is 72.9 Å². The third kappa shape index (κ3) is 49.9. The van der Waals surface area contributed by atoms with Crippen molar-refractivity contribution in [1.82, 2.24) is 0 Å². The van der Waals surface area contributed by atoms with Gasteiger partial charge in [-0.15, -0.1) is 0 Å². The molecule has 1 unspecified atom stereocenters. The molecule has 0 fully saturated rings. The second-order valence-electron chi connectivity index (χ2n) is 17.8. The van der Waals surface area contributed by atoms with Gasteiger partial charge in [0.05, 0.1) is 0 Å². The highest BCUT2D eigenvalue weighted by atomic mass is 16.6. The van der Waals surface area contributed by atoms with Crippen molar-refractivity contribution < 1.29 is 28.6 Å². The van der Waals surface area contributed by atoms with Crippen molar-refractivity contribution >= 4 is 17.9 Å². The van der Waals surface area contributed by atoms with Crippen LogP contribution in [0, 0.1) is 0 Å². The van der Waals surface area contributed by atoms with Crippen LogP contribution in [0.15, 0.2) is 72.9 Å². The SMILES string of the molecule is CC/C=C\C/C=C\C/C=C\C/C=C\CCCCCCC(=O)OC(COC(=O)CCCCCCCCCCCC)COC(=O)CCCCCCCCCCC/C=C\C/C=C\CCCCC. The van der Waals surface area contributed by atoms with E-state index in [1.54, 1.807) is 0 Å². The van der Waals surface area contributed by atoms with E-state index in [0.717, 1.165) is 103 Å². The summed E-state index contributed by atoms with van der Waals surface area (Å²) >= 11 is 0. The van der Waals surface area contributed by atoms with E-state index in [4.69, 9.17) is 14.2 Å². The Morgan fingerprint density at radius 3 is 0.984 bits per heavy atom. The highest BCUT2D eigenvalue weighted by Crippen LogP contribution is 2.15. The Hall–Kier alpha value is -3.15. The van der Waals surface area contributed by atoms with Crippen LogP contribution in [0.4, 0.5) is 0 Å². The van der Waals surface area contributed by atoms with Crippen LogP contribution >= 0.6 is 0 Å². The molecule has 0 aromatic heterocycles. The lowest BCUT2D eigenvalue weighted by molar-refractivity contribution is -0.167. The van der Waals surface area contributed by atoms with E-state index < -0.39 is 6.10 Å². The van der Waals surface area contributed by atoms with Crippen LogP contribution in [-0.2, 0) is 28.6 Å². The van der Waals surface area contributed by atoms with Gasteiger partial charge in [-0.1, -0.05) is 222 Å². The largest absolute Gasteiger partial charge is 0.462 e. The molecule has 0 aromatic carbocycles. The molecule has 0 N–H and O–H groups in total. The van der Waals surface area contributed by atoms with Crippen molar-refractivity contribution in [2.24, 2.45) is 0 Å². The maximum absolute atomic E-state index is 12.8. The van der Waals surface area contributed by atoms with E-state index in [2.05, 4.69) is 93.7 Å². The van der Waals surface area contributed by atoms with Gasteiger partial charge in [0.25, 0.3) is 0 Å². The molecule has 0 saturated carbocycles. The molecule has 0 amide bonds. The van der Waals surface area contributed by atoms with Crippen LogP contribution < -0.4 is 0 Å². The summed E-state index contributed by atoms with van der Waals surface area (Å²) in [6.07, 6.45) is 66.0. The standard InChI is InChI=1S/C58H100O6/c1-4-7-10-13-16-19-22-24-26-28-29-31-32-34-36-39-42-45-48-51-57(60)63-54-55(53-62-56(59)50-47-44-41-38-21-18-15-12-9-6-3)64-58(61)52-49-46-43-40-37-35-33-30-27-25-23-20-17-14-11-8-5-2/h8,11,16-17,19-20,24-27,33,35,55H,4-7,9-10,12-15,18,21-23,28-32,34,36-54H2,1-3H3/b11-8-,19-16-,20-17-,26-24-,27-25-,35-33-. The molecule has 0 heterocycles. The number of rotatable bonds is 48. The van der Waals surface area contributed by atoms with Crippen molar-refractivity contribution in [3.8, 4) is 0 Å². The smallest absolute Gasteiger partial charge is 0.306 e. The number of unbranched alkanes of at least 4 members (excludes halogenated alkanes) is 25. The van der Waals surface area contributed by atoms with E-state index in [0.29, 0.717) is 19.3 Å². The molecule has 6 heteroatoms. The molecule has 368 valence electrons. The van der Waals surface area contributed by atoms with Gasteiger partial charge >= 0.3 is 17.9 Å². The Morgan fingerprint density at radius 1 is 0.328 bits per heavy atom. The Kier molecular flexibility index (Phi) is 49.9. The lowest BCUT2D eigenvalue weighted by Crippen LogP contribution is -2.30. The third-order valence-corrected chi connectivity index (χ3v) is 11.4. The summed E-state index contributed by atoms with van der Waals surface area (Å²) in [6.45, 7) is 6.47. The van der Waals surface area contributed by atoms with Gasteiger partial charge in [-0.25, -0.2) is 0 Å². The fraction of sp³-hybridized carbons (Fsp3) is 0.741. The molecule has 0 aliphatic rings. The molecule has 6 nitrogen and oxygen atoms in total. The van der Waals surface area contributed by atoms with E-state index in [-0.39, 0.29) is 31.1 Å². The molecule has 0 aromatic rings. The quantitative estimate of drug-likeness (QED) is 0.0262. The van der Waals surface area contributed by atoms with Gasteiger partial charge in [-0.3, -0.25) is 14.4 Å². The zero-order valence-electron chi connectivity index (χ0n) is 42.0. The predicted octanol–water partition coefficient (Wildman–Crippen LogP) is 17.8. The lowest BCUT2D eigenvalue weighted by atomic mass is 10.1. The minimum atomic E-state index is -0.787. The molecule has 0 rings (SSSR count). The third-order valence-electron chi connectivity index (χ3n) is 11.4. The summed E-state index contributed by atoms with van der Waals surface area (Å²) in [6, 6.07) is 0. The maximum atomic E-state index is 12.8. The number of esters is 3. The molecule has 0 aliphatic carbocycles. The van der Waals surface area contributed by atoms with Crippen LogP contribution in [-0.4, -0.2) is 37.2 Å². The zero-order valence-corrected chi connectivity index (χ0v) is 42.0. The van der Waals surface area contributed by atoms with Crippen LogP contribution in [0.2, 0.25) is 0 Å². The minimum Gasteiger partial charge on any atom is -0.462 e. The molecule has 0 spiro atoms. The van der Waals surface area contributed by atoms with Gasteiger partial charge in [0.2, 0.25) is 0 Å². The van der Waals surface area contributed by atoms with Crippen LogP contribution in [0.25, 0.3) is 0 Å². The van der Waals surface area contributed by atoms with Crippen LogP contribution in [0.3, 0.4) is 0 Å². The minimum absolute atomic E-state index is 0.0853. The normalized spacial score (nSPS) is 12.6. The predicted molar refractivity (Wildman–Crippen MR) is 274 cm³/mol. The Bertz CT molecular complexity index is 1210. The number of hydrogen-bond donors (Lipinski definition) is 0. The zero-order chi connectivity index (χ0) is 46.5. The van der Waals surface area contributed by atoms with Crippen LogP contribution in [0.1, 0.15) is 258 Å².